The summed E-state index contributed by atoms with van der Waals surface area (Å²) in [6, 6.07) is 12.8. The minimum Gasteiger partial charge on any atom is -0.504 e. The third kappa shape index (κ3) is 5.85. The van der Waals surface area contributed by atoms with Crippen molar-refractivity contribution in [3.63, 3.8) is 0 Å². The number of ether oxygens (including phenoxy) is 3. The maximum atomic E-state index is 13.8. The Hall–Kier alpha value is -3.39. The van der Waals surface area contributed by atoms with E-state index >= 15 is 0 Å². The lowest BCUT2D eigenvalue weighted by Gasteiger charge is -2.36. The van der Waals surface area contributed by atoms with Crippen molar-refractivity contribution in [3.05, 3.63) is 76.1 Å². The molecule has 2 aromatic carbocycles. The number of Topliss-reactive ketones (excluding diaryl/α,β-unsaturated/α-hetero) is 1. The number of carbonyl (C=O) groups is 2. The molecule has 2 aromatic rings. The molecular weight excluding hydrogens is 502 g/mol. The number of nitrogens with one attached hydrogen (secondary N) is 1. The van der Waals surface area contributed by atoms with E-state index in [4.69, 9.17) is 14.2 Å². The fourth-order valence-electron chi connectivity index (χ4n) is 5.15. The van der Waals surface area contributed by atoms with Crippen LogP contribution < -0.4 is 14.8 Å². The van der Waals surface area contributed by atoms with E-state index in [1.54, 1.807) is 37.1 Å². The minimum atomic E-state index is -0.623. The number of rotatable bonds is 10. The molecule has 0 saturated heterocycles. The van der Waals surface area contributed by atoms with Crippen LogP contribution in [0.2, 0.25) is 0 Å². The van der Waals surface area contributed by atoms with Gasteiger partial charge in [0.25, 0.3) is 0 Å². The molecule has 0 amide bonds. The molecule has 1 heterocycles. The molecule has 2 aliphatic rings. The number of phenolic OH excluding ortho intramolecular Hbond substituents is 1. The van der Waals surface area contributed by atoms with Crippen molar-refractivity contribution >= 4 is 23.5 Å². The third-order valence-corrected chi connectivity index (χ3v) is 7.78. The molecule has 0 aromatic heterocycles. The molecular formula is C30H35NO6S. The summed E-state index contributed by atoms with van der Waals surface area (Å²) < 4.78 is 16.6. The van der Waals surface area contributed by atoms with Crippen LogP contribution >= 0.6 is 11.8 Å². The molecule has 1 aliphatic carbocycles. The zero-order valence-electron chi connectivity index (χ0n) is 22.3. The summed E-state index contributed by atoms with van der Waals surface area (Å²) in [5, 5.41) is 13.7. The fraction of sp³-hybridized carbons (Fsp3) is 0.400. The Balaban J connectivity index is 1.74. The first-order chi connectivity index (χ1) is 18.4. The molecule has 0 radical (unpaired) electrons. The van der Waals surface area contributed by atoms with Gasteiger partial charge in [0.05, 0.1) is 19.3 Å². The minimum absolute atomic E-state index is 0.00600. The summed E-state index contributed by atoms with van der Waals surface area (Å²) in [6.07, 6.45) is 0.960. The Morgan fingerprint density at radius 1 is 1.11 bits per heavy atom. The van der Waals surface area contributed by atoms with Crippen molar-refractivity contribution in [2.75, 3.05) is 31.8 Å². The number of phenols is 1. The maximum absolute atomic E-state index is 13.8. The van der Waals surface area contributed by atoms with Gasteiger partial charge in [-0.25, -0.2) is 4.79 Å². The number of allylic oxidation sites excluding steroid dienone is 3. The van der Waals surface area contributed by atoms with Gasteiger partial charge in [-0.3, -0.25) is 4.79 Å². The van der Waals surface area contributed by atoms with E-state index in [-0.39, 0.29) is 17.5 Å². The molecule has 0 fully saturated rings. The first-order valence-electron chi connectivity index (χ1n) is 13.0. The molecule has 202 valence electrons. The molecule has 38 heavy (non-hydrogen) atoms. The van der Waals surface area contributed by atoms with Crippen LogP contribution in [-0.4, -0.2) is 48.7 Å². The Bertz CT molecular complexity index is 1250. The average Bonchev–Trinajstić information content (AvgIpc) is 2.91. The Labute approximate surface area is 228 Å². The summed E-state index contributed by atoms with van der Waals surface area (Å²) in [6.45, 7) is 6.41. The van der Waals surface area contributed by atoms with Gasteiger partial charge in [0.2, 0.25) is 0 Å². The molecule has 2 atom stereocenters. The first kappa shape index (κ1) is 27.6. The van der Waals surface area contributed by atoms with Crippen molar-refractivity contribution in [2.24, 2.45) is 0 Å². The van der Waals surface area contributed by atoms with Gasteiger partial charge < -0.3 is 24.6 Å². The Kier molecular flexibility index (Phi) is 9.05. The van der Waals surface area contributed by atoms with E-state index in [1.165, 1.54) is 0 Å². The van der Waals surface area contributed by atoms with Gasteiger partial charge in [-0.05, 0) is 67.3 Å². The van der Waals surface area contributed by atoms with Crippen molar-refractivity contribution in [3.8, 4) is 17.2 Å². The molecule has 0 bridgehead atoms. The van der Waals surface area contributed by atoms with Crippen LogP contribution in [0.3, 0.4) is 0 Å². The normalized spacial score (nSPS) is 19.1. The van der Waals surface area contributed by atoms with E-state index in [1.807, 2.05) is 38.1 Å². The van der Waals surface area contributed by atoms with Gasteiger partial charge in [0.1, 0.15) is 12.4 Å². The molecule has 8 heteroatoms. The van der Waals surface area contributed by atoms with Crippen LogP contribution in [0.1, 0.15) is 56.6 Å². The number of thioether (sulfide) groups is 1. The Morgan fingerprint density at radius 2 is 1.84 bits per heavy atom. The van der Waals surface area contributed by atoms with E-state index in [0.717, 1.165) is 22.8 Å². The maximum Gasteiger partial charge on any atom is 0.336 e. The van der Waals surface area contributed by atoms with Gasteiger partial charge in [-0.1, -0.05) is 25.1 Å². The number of methoxy groups -OCH3 is 1. The second-order valence-electron chi connectivity index (χ2n) is 9.28. The second-order valence-corrected chi connectivity index (χ2v) is 10.7. The van der Waals surface area contributed by atoms with E-state index in [2.05, 4.69) is 12.2 Å². The standard InChI is InChI=1S/C30H35NO6S/c1-5-36-26-17-20(9-12-24(26)32)28-27(30(34)37-13-14-38-6-2)18(3)31-23-15-21(16-25(33)29(23)28)19-7-10-22(35-4)11-8-19/h7-12,17,21,28,31-32H,5-6,13-16H2,1-4H3. The number of esters is 1. The number of dihydropyridines is 1. The highest BCUT2D eigenvalue weighted by Gasteiger charge is 2.41. The Morgan fingerprint density at radius 3 is 2.53 bits per heavy atom. The van der Waals surface area contributed by atoms with E-state index in [9.17, 15) is 14.7 Å². The largest absolute Gasteiger partial charge is 0.504 e. The van der Waals surface area contributed by atoms with E-state index in [0.29, 0.717) is 60.0 Å². The molecule has 2 unspecified atom stereocenters. The lowest BCUT2D eigenvalue weighted by Crippen LogP contribution is -2.36. The van der Waals surface area contributed by atoms with Crippen LogP contribution in [-0.2, 0) is 14.3 Å². The van der Waals surface area contributed by atoms with Gasteiger partial charge in [0, 0.05) is 35.1 Å². The number of hydrogen-bond acceptors (Lipinski definition) is 8. The van der Waals surface area contributed by atoms with Crippen LogP contribution in [0.5, 0.6) is 17.2 Å². The van der Waals surface area contributed by atoms with E-state index < -0.39 is 11.9 Å². The third-order valence-electron chi connectivity index (χ3n) is 6.92. The van der Waals surface area contributed by atoms with Crippen molar-refractivity contribution in [1.82, 2.24) is 5.32 Å². The summed E-state index contributed by atoms with van der Waals surface area (Å²) >= 11 is 1.70. The molecule has 1 aliphatic heterocycles. The lowest BCUT2D eigenvalue weighted by molar-refractivity contribution is -0.138. The summed E-state index contributed by atoms with van der Waals surface area (Å²) in [5.41, 5.74) is 4.22. The first-order valence-corrected chi connectivity index (χ1v) is 14.1. The summed E-state index contributed by atoms with van der Waals surface area (Å²) in [4.78, 5) is 27.2. The second kappa shape index (κ2) is 12.4. The SMILES string of the molecule is CCOc1cc(C2C(C(=O)OCCSCC)=C(C)NC3=C2C(=O)CC(c2ccc(OC)cc2)C3)ccc1O. The molecule has 0 saturated carbocycles. The zero-order valence-corrected chi connectivity index (χ0v) is 23.2. The monoisotopic (exact) mass is 537 g/mol. The fourth-order valence-corrected chi connectivity index (χ4v) is 5.64. The number of carbonyl (C=O) groups excluding carboxylic acids is 2. The van der Waals surface area contributed by atoms with Crippen LogP contribution in [0.25, 0.3) is 0 Å². The topological polar surface area (TPSA) is 94.1 Å². The van der Waals surface area contributed by atoms with Crippen molar-refractivity contribution in [2.45, 2.75) is 45.4 Å². The number of hydrogen-bond donors (Lipinski definition) is 2. The molecule has 2 N–H and O–H groups in total. The van der Waals surface area contributed by atoms with Crippen LogP contribution in [0, 0.1) is 0 Å². The summed E-state index contributed by atoms with van der Waals surface area (Å²) in [5.74, 6) is 1.66. The average molecular weight is 538 g/mol. The lowest BCUT2D eigenvalue weighted by atomic mass is 9.71. The quantitative estimate of drug-likeness (QED) is 0.305. The zero-order chi connectivity index (χ0) is 27.2. The van der Waals surface area contributed by atoms with Crippen LogP contribution in [0.15, 0.2) is 65.0 Å². The number of aromatic hydroxyl groups is 1. The van der Waals surface area contributed by atoms with Crippen molar-refractivity contribution in [1.29, 1.82) is 0 Å². The number of benzene rings is 2. The van der Waals surface area contributed by atoms with Gasteiger partial charge in [-0.15, -0.1) is 0 Å². The van der Waals surface area contributed by atoms with Gasteiger partial charge in [-0.2, -0.15) is 11.8 Å². The predicted molar refractivity (Wildman–Crippen MR) is 149 cm³/mol. The van der Waals surface area contributed by atoms with Crippen molar-refractivity contribution < 1.29 is 28.9 Å². The number of ketones is 1. The predicted octanol–water partition coefficient (Wildman–Crippen LogP) is 5.46. The summed E-state index contributed by atoms with van der Waals surface area (Å²) in [7, 11) is 1.63. The highest BCUT2D eigenvalue weighted by atomic mass is 32.2. The highest BCUT2D eigenvalue weighted by Crippen LogP contribution is 2.47. The van der Waals surface area contributed by atoms with Gasteiger partial charge >= 0.3 is 5.97 Å². The van der Waals surface area contributed by atoms with Gasteiger partial charge in [0.15, 0.2) is 17.3 Å². The molecule has 0 spiro atoms. The highest BCUT2D eigenvalue weighted by molar-refractivity contribution is 7.99. The smallest absolute Gasteiger partial charge is 0.336 e. The molecule has 7 nitrogen and oxygen atoms in total. The molecule has 4 rings (SSSR count). The van der Waals surface area contributed by atoms with Crippen LogP contribution in [0.4, 0.5) is 0 Å².